The quantitative estimate of drug-likeness (QED) is 0.335. The van der Waals surface area contributed by atoms with Crippen molar-refractivity contribution in [2.45, 2.75) is 51.8 Å². The molecule has 2 rings (SSSR count). The summed E-state index contributed by atoms with van der Waals surface area (Å²) in [6.45, 7) is 3.71. The number of rotatable bonds is 7. The number of carbonyl (C=O) groups is 3. The standard InChI is InChI=1S/C21H24F4N4O6/c1-21(2,3)35-20(34)26-9(6-7-11(31)28(4)5)10(30)8-29-19(33)13-12(18(32)27-29)14(22)16(24)17(25)15(13)23/h9H,6-8H2,1-5H3,(H,26,34)(H,27,32)/t9-/m0/s1. The molecule has 2 aromatic rings. The number of hydrogen-bond acceptors (Lipinski definition) is 6. The molecule has 1 atom stereocenters. The number of ketones is 1. The molecule has 35 heavy (non-hydrogen) atoms. The van der Waals surface area contributed by atoms with Crippen molar-refractivity contribution in [2.75, 3.05) is 14.1 Å². The maximum absolute atomic E-state index is 14.2. The number of alkyl carbamates (subject to hydrolysis) is 1. The monoisotopic (exact) mass is 504 g/mol. The number of nitrogens with zero attached hydrogens (tertiary/aromatic N) is 2. The van der Waals surface area contributed by atoms with Crippen molar-refractivity contribution in [2.24, 2.45) is 0 Å². The molecule has 0 aliphatic rings. The van der Waals surface area contributed by atoms with Gasteiger partial charge in [0.05, 0.1) is 16.8 Å². The molecule has 1 aromatic carbocycles. The molecule has 2 N–H and O–H groups in total. The minimum atomic E-state index is -2.30. The van der Waals surface area contributed by atoms with E-state index in [9.17, 15) is 41.5 Å². The molecule has 192 valence electrons. The summed E-state index contributed by atoms with van der Waals surface area (Å²) in [5, 5.41) is 1.33. The van der Waals surface area contributed by atoms with E-state index in [1.54, 1.807) is 25.9 Å². The van der Waals surface area contributed by atoms with Crippen molar-refractivity contribution in [1.29, 1.82) is 0 Å². The fourth-order valence-corrected chi connectivity index (χ4v) is 3.04. The number of amides is 2. The molecule has 0 spiro atoms. The van der Waals surface area contributed by atoms with Crippen molar-refractivity contribution < 1.29 is 36.7 Å². The Morgan fingerprint density at radius 3 is 2.06 bits per heavy atom. The van der Waals surface area contributed by atoms with Gasteiger partial charge in [-0.25, -0.2) is 27.0 Å². The molecule has 0 saturated heterocycles. The number of aromatic nitrogens is 2. The topological polar surface area (TPSA) is 131 Å². The average molecular weight is 504 g/mol. The number of H-pyrrole nitrogens is 1. The van der Waals surface area contributed by atoms with E-state index in [1.165, 1.54) is 19.0 Å². The second-order valence-corrected chi connectivity index (χ2v) is 8.83. The molecule has 0 saturated carbocycles. The van der Waals surface area contributed by atoms with Crippen LogP contribution < -0.4 is 16.4 Å². The van der Waals surface area contributed by atoms with Gasteiger partial charge in [0, 0.05) is 20.5 Å². The van der Waals surface area contributed by atoms with Crippen molar-refractivity contribution in [3.05, 3.63) is 44.0 Å². The molecule has 0 bridgehead atoms. The number of ether oxygens (including phenoxy) is 1. The maximum atomic E-state index is 14.2. The lowest BCUT2D eigenvalue weighted by molar-refractivity contribution is -0.129. The van der Waals surface area contributed by atoms with Crippen LogP contribution in [0, 0.1) is 23.3 Å². The Morgan fingerprint density at radius 1 is 1.00 bits per heavy atom. The first-order valence-corrected chi connectivity index (χ1v) is 10.3. The van der Waals surface area contributed by atoms with Gasteiger partial charge < -0.3 is 15.0 Å². The van der Waals surface area contributed by atoms with Crippen LogP contribution >= 0.6 is 0 Å². The predicted molar refractivity (Wildman–Crippen MR) is 115 cm³/mol. The van der Waals surface area contributed by atoms with E-state index in [0.29, 0.717) is 0 Å². The van der Waals surface area contributed by atoms with E-state index in [4.69, 9.17) is 4.74 Å². The highest BCUT2D eigenvalue weighted by Crippen LogP contribution is 2.22. The number of Topliss-reactive ketones (excluding diaryl/α,β-unsaturated/α-hetero) is 1. The Morgan fingerprint density at radius 2 is 1.54 bits per heavy atom. The van der Waals surface area contributed by atoms with Crippen molar-refractivity contribution in [3.63, 3.8) is 0 Å². The Balaban J connectivity index is 2.45. The molecular formula is C21H24F4N4O6. The molecule has 0 radical (unpaired) electrons. The Bertz CT molecular complexity index is 1300. The highest BCUT2D eigenvalue weighted by molar-refractivity contribution is 5.88. The van der Waals surface area contributed by atoms with Gasteiger partial charge in [0.15, 0.2) is 29.1 Å². The van der Waals surface area contributed by atoms with E-state index >= 15 is 0 Å². The summed E-state index contributed by atoms with van der Waals surface area (Å²) in [5.41, 5.74) is -3.95. The molecule has 10 nitrogen and oxygen atoms in total. The number of halogens is 4. The zero-order valence-electron chi connectivity index (χ0n) is 19.6. The van der Waals surface area contributed by atoms with Crippen LogP contribution in [0.4, 0.5) is 22.4 Å². The summed E-state index contributed by atoms with van der Waals surface area (Å²) in [4.78, 5) is 63.1. The first-order valence-electron chi connectivity index (χ1n) is 10.3. The van der Waals surface area contributed by atoms with Crippen LogP contribution in [-0.2, 0) is 20.9 Å². The molecule has 2 amide bonds. The third-order valence-electron chi connectivity index (χ3n) is 4.73. The average Bonchev–Trinajstić information content (AvgIpc) is 2.73. The molecule has 0 aliphatic carbocycles. The van der Waals surface area contributed by atoms with Gasteiger partial charge in [-0.2, -0.15) is 0 Å². The van der Waals surface area contributed by atoms with Gasteiger partial charge >= 0.3 is 6.09 Å². The normalized spacial score (nSPS) is 12.4. The van der Waals surface area contributed by atoms with Gasteiger partial charge in [0.1, 0.15) is 12.1 Å². The number of fused-ring (bicyclic) bond motifs is 1. The summed E-state index contributed by atoms with van der Waals surface area (Å²) in [6.07, 6.45) is -1.45. The van der Waals surface area contributed by atoms with E-state index < -0.39 is 75.2 Å². The zero-order chi connectivity index (χ0) is 26.8. The zero-order valence-corrected chi connectivity index (χ0v) is 19.6. The van der Waals surface area contributed by atoms with Crippen molar-refractivity contribution in [1.82, 2.24) is 20.0 Å². The van der Waals surface area contributed by atoms with Gasteiger partial charge in [-0.05, 0) is 27.2 Å². The van der Waals surface area contributed by atoms with Crippen LogP contribution in [-0.4, -0.2) is 58.2 Å². The molecule has 1 aromatic heterocycles. The number of aromatic amines is 1. The van der Waals surface area contributed by atoms with Crippen LogP contribution in [0.25, 0.3) is 10.8 Å². The smallest absolute Gasteiger partial charge is 0.408 e. The van der Waals surface area contributed by atoms with E-state index in [1.807, 2.05) is 0 Å². The maximum Gasteiger partial charge on any atom is 0.408 e. The Labute approximate surface area is 195 Å². The van der Waals surface area contributed by atoms with Crippen LogP contribution in [0.3, 0.4) is 0 Å². The summed E-state index contributed by atoms with van der Waals surface area (Å²) in [7, 11) is 2.94. The molecule has 1 heterocycles. The minimum absolute atomic E-state index is 0.202. The lowest BCUT2D eigenvalue weighted by Gasteiger charge is -2.23. The van der Waals surface area contributed by atoms with Gasteiger partial charge in [0.2, 0.25) is 5.91 Å². The Kier molecular flexibility index (Phi) is 8.08. The van der Waals surface area contributed by atoms with Crippen LogP contribution in [0.2, 0.25) is 0 Å². The van der Waals surface area contributed by atoms with E-state index in [2.05, 4.69) is 5.32 Å². The fraction of sp³-hybridized carbons (Fsp3) is 0.476. The minimum Gasteiger partial charge on any atom is -0.444 e. The second-order valence-electron chi connectivity index (χ2n) is 8.83. The summed E-state index contributed by atoms with van der Waals surface area (Å²) in [6, 6.07) is -1.40. The van der Waals surface area contributed by atoms with Gasteiger partial charge in [-0.3, -0.25) is 24.3 Å². The first-order chi connectivity index (χ1) is 16.0. The fourth-order valence-electron chi connectivity index (χ4n) is 3.04. The van der Waals surface area contributed by atoms with Gasteiger partial charge in [-0.1, -0.05) is 0 Å². The van der Waals surface area contributed by atoms with Crippen LogP contribution in [0.1, 0.15) is 33.6 Å². The van der Waals surface area contributed by atoms with Gasteiger partial charge in [-0.15, -0.1) is 0 Å². The molecular weight excluding hydrogens is 480 g/mol. The summed E-state index contributed by atoms with van der Waals surface area (Å²) >= 11 is 0. The highest BCUT2D eigenvalue weighted by atomic mass is 19.2. The van der Waals surface area contributed by atoms with E-state index in [0.717, 1.165) is 0 Å². The number of carbonyl (C=O) groups excluding carboxylic acids is 3. The molecule has 0 unspecified atom stereocenters. The largest absolute Gasteiger partial charge is 0.444 e. The lowest BCUT2D eigenvalue weighted by Crippen LogP contribution is -2.46. The lowest BCUT2D eigenvalue weighted by atomic mass is 10.1. The number of nitrogens with one attached hydrogen (secondary N) is 2. The molecule has 0 fully saturated rings. The van der Waals surface area contributed by atoms with Crippen LogP contribution in [0.15, 0.2) is 9.59 Å². The van der Waals surface area contributed by atoms with Gasteiger partial charge in [0.25, 0.3) is 11.1 Å². The van der Waals surface area contributed by atoms with Crippen molar-refractivity contribution in [3.8, 4) is 0 Å². The third-order valence-corrected chi connectivity index (χ3v) is 4.73. The molecule has 14 heteroatoms. The third kappa shape index (κ3) is 6.25. The second kappa shape index (κ2) is 10.3. The predicted octanol–water partition coefficient (Wildman–Crippen LogP) is 1.58. The van der Waals surface area contributed by atoms with E-state index in [-0.39, 0.29) is 23.4 Å². The van der Waals surface area contributed by atoms with Crippen molar-refractivity contribution >= 4 is 28.6 Å². The summed E-state index contributed by atoms with van der Waals surface area (Å²) < 4.78 is 60.8. The number of benzene rings is 1. The SMILES string of the molecule is CN(C)C(=O)CC[C@H](NC(=O)OC(C)(C)C)C(=O)Cn1[nH]c(=O)c2c(F)c(F)c(F)c(F)c2c1=O. The number of hydrogen-bond donors (Lipinski definition) is 2. The highest BCUT2D eigenvalue weighted by Gasteiger charge is 2.29. The molecule has 0 aliphatic heterocycles. The van der Waals surface area contributed by atoms with Crippen LogP contribution in [0.5, 0.6) is 0 Å². The Hall–Kier alpha value is -3.71. The summed E-state index contributed by atoms with van der Waals surface area (Å²) in [5.74, 6) is -10.1. The first kappa shape index (κ1) is 27.5.